The topological polar surface area (TPSA) is 46.2 Å². The largest absolute Gasteiger partial charge is 0.388 e. The molecule has 2 aromatic carbocycles. The molecule has 3 nitrogen and oxygen atoms in total. The molecule has 0 saturated carbocycles. The molecule has 22 heavy (non-hydrogen) atoms. The Balaban J connectivity index is 2.73. The van der Waals surface area contributed by atoms with Crippen LogP contribution < -0.4 is 5.32 Å². The van der Waals surface area contributed by atoms with Crippen LogP contribution in [-0.2, 0) is 9.84 Å². The fraction of sp³-hybridized carbons (Fsp3) is 0.0769. The molecule has 0 aromatic heterocycles. The molecule has 0 aliphatic carbocycles. The Morgan fingerprint density at radius 1 is 0.773 bits per heavy atom. The van der Waals surface area contributed by atoms with Crippen LogP contribution in [0.15, 0.2) is 34.1 Å². The van der Waals surface area contributed by atoms with Gasteiger partial charge in [-0.2, -0.15) is 0 Å². The number of sulfone groups is 1. The van der Waals surface area contributed by atoms with Crippen molar-refractivity contribution in [3.05, 3.63) is 53.4 Å². The highest BCUT2D eigenvalue weighted by atomic mass is 32.2. The van der Waals surface area contributed by atoms with E-state index in [-0.39, 0.29) is 0 Å². The first-order valence-electron chi connectivity index (χ1n) is 5.76. The average Bonchev–Trinajstić information content (AvgIpc) is 2.51. The standard InChI is InChI=1S/C13H8F5NO2S/c1-19-6-2-4-7(5-3-6)22(20,21)13-11(17)9(15)8(14)10(16)12(13)18/h2-5,19H,1H3. The van der Waals surface area contributed by atoms with Gasteiger partial charge in [0.25, 0.3) is 0 Å². The van der Waals surface area contributed by atoms with E-state index < -0.39 is 48.7 Å². The predicted octanol–water partition coefficient (Wildman–Crippen LogP) is 3.26. The van der Waals surface area contributed by atoms with Crippen LogP contribution in [0.25, 0.3) is 0 Å². The number of anilines is 1. The van der Waals surface area contributed by atoms with Crippen molar-refractivity contribution in [3.8, 4) is 0 Å². The first kappa shape index (κ1) is 16.2. The maximum Gasteiger partial charge on any atom is 0.212 e. The zero-order valence-electron chi connectivity index (χ0n) is 10.9. The van der Waals surface area contributed by atoms with Gasteiger partial charge in [-0.05, 0) is 24.3 Å². The smallest absolute Gasteiger partial charge is 0.212 e. The molecule has 0 saturated heterocycles. The lowest BCUT2D eigenvalue weighted by atomic mass is 10.3. The van der Waals surface area contributed by atoms with Crippen molar-refractivity contribution in [2.45, 2.75) is 9.79 Å². The van der Waals surface area contributed by atoms with Crippen LogP contribution in [0.4, 0.5) is 27.6 Å². The summed E-state index contributed by atoms with van der Waals surface area (Å²) in [6.07, 6.45) is 0. The van der Waals surface area contributed by atoms with Gasteiger partial charge in [-0.25, -0.2) is 30.4 Å². The van der Waals surface area contributed by atoms with E-state index in [4.69, 9.17) is 0 Å². The average molecular weight is 337 g/mol. The maximum absolute atomic E-state index is 13.6. The normalized spacial score (nSPS) is 11.5. The molecular formula is C13H8F5NO2S. The molecule has 1 N–H and O–H groups in total. The Morgan fingerprint density at radius 2 is 1.18 bits per heavy atom. The Kier molecular flexibility index (Phi) is 4.10. The molecule has 0 heterocycles. The molecule has 0 bridgehead atoms. The van der Waals surface area contributed by atoms with Crippen molar-refractivity contribution >= 4 is 15.5 Å². The second kappa shape index (κ2) is 5.56. The number of nitrogens with one attached hydrogen (secondary N) is 1. The van der Waals surface area contributed by atoms with Gasteiger partial charge >= 0.3 is 0 Å². The van der Waals surface area contributed by atoms with Crippen LogP contribution in [0, 0.1) is 29.1 Å². The van der Waals surface area contributed by atoms with E-state index in [1.165, 1.54) is 12.1 Å². The highest BCUT2D eigenvalue weighted by molar-refractivity contribution is 7.91. The Bertz CT molecular complexity index is 805. The van der Waals surface area contributed by atoms with Crippen LogP contribution in [0.1, 0.15) is 0 Å². The third kappa shape index (κ3) is 2.41. The fourth-order valence-corrected chi connectivity index (χ4v) is 3.12. The van der Waals surface area contributed by atoms with Crippen molar-refractivity contribution in [1.82, 2.24) is 0 Å². The molecule has 9 heteroatoms. The number of benzene rings is 2. The van der Waals surface area contributed by atoms with Gasteiger partial charge in [0, 0.05) is 12.7 Å². The van der Waals surface area contributed by atoms with Crippen LogP contribution >= 0.6 is 0 Å². The van der Waals surface area contributed by atoms with E-state index in [0.717, 1.165) is 12.1 Å². The predicted molar refractivity (Wildman–Crippen MR) is 67.7 cm³/mol. The summed E-state index contributed by atoms with van der Waals surface area (Å²) in [5, 5.41) is 2.68. The van der Waals surface area contributed by atoms with E-state index in [2.05, 4.69) is 5.32 Å². The van der Waals surface area contributed by atoms with Gasteiger partial charge in [0.2, 0.25) is 15.7 Å². The van der Waals surface area contributed by atoms with Crippen molar-refractivity contribution < 1.29 is 30.4 Å². The second-order valence-corrected chi connectivity index (χ2v) is 6.06. The van der Waals surface area contributed by atoms with Gasteiger partial charge in [-0.3, -0.25) is 0 Å². The Labute approximate surface area is 122 Å². The Morgan fingerprint density at radius 3 is 1.59 bits per heavy atom. The zero-order chi connectivity index (χ0) is 16.7. The molecule has 0 aliphatic rings. The molecule has 0 atom stereocenters. The van der Waals surface area contributed by atoms with Crippen molar-refractivity contribution in [2.24, 2.45) is 0 Å². The molecular weight excluding hydrogens is 329 g/mol. The van der Waals surface area contributed by atoms with Crippen molar-refractivity contribution in [2.75, 3.05) is 12.4 Å². The second-order valence-electron chi connectivity index (χ2n) is 4.18. The van der Waals surface area contributed by atoms with Gasteiger partial charge in [0.05, 0.1) is 4.90 Å². The minimum atomic E-state index is -4.91. The third-order valence-electron chi connectivity index (χ3n) is 2.89. The number of halogens is 5. The van der Waals surface area contributed by atoms with Crippen molar-refractivity contribution in [3.63, 3.8) is 0 Å². The molecule has 2 aromatic rings. The number of rotatable bonds is 3. The van der Waals surface area contributed by atoms with Gasteiger partial charge < -0.3 is 5.32 Å². The van der Waals surface area contributed by atoms with E-state index in [1.807, 2.05) is 0 Å². The van der Waals surface area contributed by atoms with Crippen LogP contribution in [-0.4, -0.2) is 15.5 Å². The molecule has 2 rings (SSSR count). The van der Waals surface area contributed by atoms with Crippen molar-refractivity contribution in [1.29, 1.82) is 0 Å². The van der Waals surface area contributed by atoms with E-state index in [9.17, 15) is 30.4 Å². The number of hydrogen-bond donors (Lipinski definition) is 1. The quantitative estimate of drug-likeness (QED) is 0.405. The van der Waals surface area contributed by atoms with Gasteiger partial charge in [-0.1, -0.05) is 0 Å². The lowest BCUT2D eigenvalue weighted by Crippen LogP contribution is -2.13. The SMILES string of the molecule is CNc1ccc(S(=O)(=O)c2c(F)c(F)c(F)c(F)c2F)cc1. The summed E-state index contributed by atoms with van der Waals surface area (Å²) in [4.78, 5) is -2.48. The summed E-state index contributed by atoms with van der Waals surface area (Å²) in [6.45, 7) is 0. The molecule has 0 fully saturated rings. The summed E-state index contributed by atoms with van der Waals surface area (Å²) < 4.78 is 90.7. The van der Waals surface area contributed by atoms with Gasteiger partial charge in [0.15, 0.2) is 23.3 Å². The third-order valence-corrected chi connectivity index (χ3v) is 4.68. The van der Waals surface area contributed by atoms with Gasteiger partial charge in [-0.15, -0.1) is 0 Å². The lowest BCUT2D eigenvalue weighted by molar-refractivity contribution is 0.357. The summed E-state index contributed by atoms with van der Waals surface area (Å²) in [5.41, 5.74) is 0.497. The first-order valence-corrected chi connectivity index (χ1v) is 7.24. The fourth-order valence-electron chi connectivity index (χ4n) is 1.74. The van der Waals surface area contributed by atoms with E-state index >= 15 is 0 Å². The summed E-state index contributed by atoms with van der Waals surface area (Å²) in [7, 11) is -3.36. The highest BCUT2D eigenvalue weighted by Gasteiger charge is 2.34. The molecule has 0 radical (unpaired) electrons. The molecule has 0 aliphatic heterocycles. The van der Waals surface area contributed by atoms with E-state index in [0.29, 0.717) is 5.69 Å². The maximum atomic E-state index is 13.6. The molecule has 0 amide bonds. The molecule has 0 unspecified atom stereocenters. The monoisotopic (exact) mass is 337 g/mol. The van der Waals surface area contributed by atoms with Crippen LogP contribution in [0.3, 0.4) is 0 Å². The highest BCUT2D eigenvalue weighted by Crippen LogP contribution is 2.31. The minimum absolute atomic E-state index is 0.497. The minimum Gasteiger partial charge on any atom is -0.388 e. The number of hydrogen-bond acceptors (Lipinski definition) is 3. The lowest BCUT2D eigenvalue weighted by Gasteiger charge is -2.10. The van der Waals surface area contributed by atoms with Crippen LogP contribution in [0.5, 0.6) is 0 Å². The summed E-state index contributed by atoms with van der Waals surface area (Å²) >= 11 is 0. The first-order chi connectivity index (χ1) is 10.2. The summed E-state index contributed by atoms with van der Waals surface area (Å²) in [6, 6.07) is 4.52. The molecule has 0 spiro atoms. The van der Waals surface area contributed by atoms with Gasteiger partial charge in [0.1, 0.15) is 4.90 Å². The Hall–Kier alpha value is -2.16. The molecule has 118 valence electrons. The summed E-state index contributed by atoms with van der Waals surface area (Å²) in [5.74, 6) is -11.8. The van der Waals surface area contributed by atoms with E-state index in [1.54, 1.807) is 7.05 Å². The van der Waals surface area contributed by atoms with Crippen LogP contribution in [0.2, 0.25) is 0 Å². The zero-order valence-corrected chi connectivity index (χ0v) is 11.7.